The first kappa shape index (κ1) is 17.2. The van der Waals surface area contributed by atoms with Gasteiger partial charge in [-0.2, -0.15) is 10.4 Å². The normalized spacial score (nSPS) is 30.7. The van der Waals surface area contributed by atoms with Gasteiger partial charge in [0.05, 0.1) is 34.9 Å². The van der Waals surface area contributed by atoms with Crippen LogP contribution in [0.3, 0.4) is 0 Å². The zero-order valence-corrected chi connectivity index (χ0v) is 15.5. The second kappa shape index (κ2) is 5.34. The summed E-state index contributed by atoms with van der Waals surface area (Å²) in [4.78, 5) is 14.9. The van der Waals surface area contributed by atoms with E-state index >= 15 is 0 Å². The highest BCUT2D eigenvalue weighted by molar-refractivity contribution is 5.95. The zero-order chi connectivity index (χ0) is 19.8. The van der Waals surface area contributed by atoms with Crippen molar-refractivity contribution >= 4 is 5.91 Å². The summed E-state index contributed by atoms with van der Waals surface area (Å²) in [5.74, 6) is -0.853. The van der Waals surface area contributed by atoms with Gasteiger partial charge in [0.1, 0.15) is 11.6 Å². The molecule has 0 spiro atoms. The predicted molar refractivity (Wildman–Crippen MR) is 95.9 cm³/mol. The number of aromatic nitrogens is 2. The summed E-state index contributed by atoms with van der Waals surface area (Å²) in [6.07, 6.45) is 0.991. The molecule has 2 aromatic rings. The molecule has 2 saturated carbocycles. The lowest BCUT2D eigenvalue weighted by Crippen LogP contribution is -2.56. The van der Waals surface area contributed by atoms with Crippen molar-refractivity contribution in [1.82, 2.24) is 15.1 Å². The van der Waals surface area contributed by atoms with Gasteiger partial charge < -0.3 is 4.90 Å². The van der Waals surface area contributed by atoms with Gasteiger partial charge in [-0.15, -0.1) is 5.10 Å². The molecule has 2 unspecified atom stereocenters. The van der Waals surface area contributed by atoms with Crippen LogP contribution in [-0.4, -0.2) is 34.6 Å². The first-order valence-electron chi connectivity index (χ1n) is 9.33. The Labute approximate surface area is 161 Å². The van der Waals surface area contributed by atoms with Gasteiger partial charge in [-0.3, -0.25) is 4.79 Å². The summed E-state index contributed by atoms with van der Waals surface area (Å²) in [5.41, 5.74) is 0.540. The van der Waals surface area contributed by atoms with Crippen LogP contribution in [0.5, 0.6) is 0 Å². The number of hydrogen-bond acceptors (Lipinski definition) is 4. The van der Waals surface area contributed by atoms with E-state index in [0.717, 1.165) is 12.0 Å². The fraction of sp³-hybridized carbons (Fsp3) is 0.429. The molecule has 0 aliphatic heterocycles. The van der Waals surface area contributed by atoms with Crippen LogP contribution in [0.2, 0.25) is 0 Å². The molecule has 5 nitrogen and oxygen atoms in total. The van der Waals surface area contributed by atoms with E-state index < -0.39 is 17.0 Å². The van der Waals surface area contributed by atoms with Crippen molar-refractivity contribution in [3.8, 4) is 17.3 Å². The number of hydrogen-bond donors (Lipinski definition) is 0. The lowest BCUT2D eigenvalue weighted by atomic mass is 9.58. The Bertz CT molecular complexity index is 1060. The van der Waals surface area contributed by atoms with Crippen LogP contribution in [0.15, 0.2) is 24.3 Å². The van der Waals surface area contributed by atoms with E-state index in [1.807, 2.05) is 0 Å². The number of fused-ring (bicyclic) bond motifs is 4. The van der Waals surface area contributed by atoms with Crippen molar-refractivity contribution in [1.29, 1.82) is 5.26 Å². The molecule has 28 heavy (non-hydrogen) atoms. The van der Waals surface area contributed by atoms with Gasteiger partial charge in [0.15, 0.2) is 0 Å². The number of nitrogens with zero attached hydrogens (tertiary/aromatic N) is 4. The van der Waals surface area contributed by atoms with Gasteiger partial charge in [-0.05, 0) is 47.4 Å². The van der Waals surface area contributed by atoms with E-state index in [0.29, 0.717) is 18.2 Å². The van der Waals surface area contributed by atoms with E-state index in [-0.39, 0.29) is 34.9 Å². The zero-order valence-electron chi connectivity index (χ0n) is 15.5. The van der Waals surface area contributed by atoms with Crippen molar-refractivity contribution < 1.29 is 13.6 Å². The summed E-state index contributed by atoms with van der Waals surface area (Å²) >= 11 is 0. The van der Waals surface area contributed by atoms with Crippen molar-refractivity contribution in [2.75, 3.05) is 13.6 Å². The summed E-state index contributed by atoms with van der Waals surface area (Å²) in [5, 5.41) is 17.2. The predicted octanol–water partition coefficient (Wildman–Crippen LogP) is 3.17. The Morgan fingerprint density at radius 3 is 2.75 bits per heavy atom. The SMILES string of the molecule is CN(CCC#N)C(=O)[C@]12CC3[C@H](c4cc(-c5c(F)cccc5F)nnc41)C32C. The van der Waals surface area contributed by atoms with Crippen LogP contribution >= 0.6 is 0 Å². The number of likely N-dealkylation sites (N-methyl/N-ethyl adjacent to an activating group) is 1. The Morgan fingerprint density at radius 2 is 2.07 bits per heavy atom. The van der Waals surface area contributed by atoms with Crippen LogP contribution in [0.4, 0.5) is 8.78 Å². The van der Waals surface area contributed by atoms with Gasteiger partial charge in [0, 0.05) is 13.6 Å². The van der Waals surface area contributed by atoms with Crippen LogP contribution in [-0.2, 0) is 10.2 Å². The number of rotatable bonds is 4. The van der Waals surface area contributed by atoms with Gasteiger partial charge in [-0.25, -0.2) is 8.78 Å². The fourth-order valence-electron chi connectivity index (χ4n) is 5.73. The highest BCUT2D eigenvalue weighted by Gasteiger charge is 2.88. The fourth-order valence-corrected chi connectivity index (χ4v) is 5.73. The van der Waals surface area contributed by atoms with Crippen molar-refractivity contribution in [2.24, 2.45) is 11.3 Å². The number of halogens is 2. The minimum Gasteiger partial charge on any atom is -0.344 e. The lowest BCUT2D eigenvalue weighted by Gasteiger charge is -2.46. The number of carbonyl (C=O) groups excluding carboxylic acids is 1. The van der Waals surface area contributed by atoms with Crippen LogP contribution < -0.4 is 0 Å². The molecular formula is C21H18F2N4O. The smallest absolute Gasteiger partial charge is 0.235 e. The second-order valence-electron chi connectivity index (χ2n) is 8.24. The summed E-state index contributed by atoms with van der Waals surface area (Å²) in [6, 6.07) is 7.47. The number of benzene rings is 1. The van der Waals surface area contributed by atoms with Gasteiger partial charge >= 0.3 is 0 Å². The molecule has 0 N–H and O–H groups in total. The second-order valence-corrected chi connectivity index (χ2v) is 8.24. The summed E-state index contributed by atoms with van der Waals surface area (Å²) in [6.45, 7) is 2.46. The average molecular weight is 380 g/mol. The van der Waals surface area contributed by atoms with E-state index in [2.05, 4.69) is 23.2 Å². The van der Waals surface area contributed by atoms with E-state index in [4.69, 9.17) is 5.26 Å². The number of nitriles is 1. The van der Waals surface area contributed by atoms with E-state index in [1.165, 1.54) is 18.2 Å². The van der Waals surface area contributed by atoms with Crippen molar-refractivity contribution in [3.63, 3.8) is 0 Å². The molecular weight excluding hydrogens is 362 g/mol. The summed E-state index contributed by atoms with van der Waals surface area (Å²) < 4.78 is 28.4. The third kappa shape index (κ3) is 1.76. The van der Waals surface area contributed by atoms with E-state index in [1.54, 1.807) is 18.0 Å². The molecule has 1 amide bonds. The maximum atomic E-state index is 14.2. The Balaban J connectivity index is 1.59. The third-order valence-corrected chi connectivity index (χ3v) is 7.21. The molecule has 7 heteroatoms. The molecule has 0 bridgehead atoms. The van der Waals surface area contributed by atoms with Crippen LogP contribution in [0.25, 0.3) is 11.3 Å². The molecule has 3 aliphatic carbocycles. The first-order chi connectivity index (χ1) is 13.4. The van der Waals surface area contributed by atoms with Crippen LogP contribution in [0, 0.1) is 34.3 Å². The van der Waals surface area contributed by atoms with Crippen molar-refractivity contribution in [3.05, 3.63) is 47.2 Å². The molecule has 1 aromatic heterocycles. The molecule has 1 heterocycles. The summed E-state index contributed by atoms with van der Waals surface area (Å²) in [7, 11) is 1.71. The average Bonchev–Trinajstić information content (AvgIpc) is 3.11. The van der Waals surface area contributed by atoms with Gasteiger partial charge in [0.2, 0.25) is 5.91 Å². The molecule has 4 atom stereocenters. The van der Waals surface area contributed by atoms with Gasteiger partial charge in [-0.1, -0.05) is 13.0 Å². The number of amides is 1. The topological polar surface area (TPSA) is 69.9 Å². The molecule has 0 saturated heterocycles. The minimum atomic E-state index is -0.735. The monoisotopic (exact) mass is 380 g/mol. The maximum Gasteiger partial charge on any atom is 0.235 e. The Morgan fingerprint density at radius 1 is 1.36 bits per heavy atom. The molecule has 142 valence electrons. The highest BCUT2D eigenvalue weighted by atomic mass is 19.1. The molecule has 0 radical (unpaired) electrons. The van der Waals surface area contributed by atoms with Crippen LogP contribution in [0.1, 0.15) is 36.9 Å². The molecule has 3 aliphatic rings. The third-order valence-electron chi connectivity index (χ3n) is 7.21. The standard InChI is InChI=1S/C21H18F2N4O/c1-20-12-10-21(20,19(28)27(2)8-4-7-24)18-11(17(12)20)9-15(25-26-18)16-13(22)5-3-6-14(16)23/h3,5-6,9,12,17H,4,8,10H2,1-2H3/t12?,17-,20?,21-/m0/s1. The number of carbonyl (C=O) groups is 1. The molecule has 1 aromatic carbocycles. The largest absolute Gasteiger partial charge is 0.344 e. The van der Waals surface area contributed by atoms with Gasteiger partial charge in [0.25, 0.3) is 0 Å². The highest BCUT2D eigenvalue weighted by Crippen LogP contribution is 2.89. The Hall–Kier alpha value is -2.88. The first-order valence-corrected chi connectivity index (χ1v) is 9.33. The maximum absolute atomic E-state index is 14.2. The van der Waals surface area contributed by atoms with E-state index in [9.17, 15) is 13.6 Å². The molecule has 5 rings (SSSR count). The minimum absolute atomic E-state index is 0.0399. The van der Waals surface area contributed by atoms with Crippen molar-refractivity contribution in [2.45, 2.75) is 31.1 Å². The quantitative estimate of drug-likeness (QED) is 0.817. The molecule has 2 fully saturated rings. The lowest BCUT2D eigenvalue weighted by molar-refractivity contribution is -0.143. The Kier molecular flexibility index (Phi) is 3.29.